The van der Waals surface area contributed by atoms with Gasteiger partial charge in [0.25, 0.3) is 0 Å². The van der Waals surface area contributed by atoms with Gasteiger partial charge in [-0.25, -0.2) is 0 Å². The van der Waals surface area contributed by atoms with Crippen molar-refractivity contribution in [3.63, 3.8) is 0 Å². The van der Waals surface area contributed by atoms with Crippen LogP contribution < -0.4 is 10.5 Å². The molecule has 2 rings (SSSR count). The number of hydrogen-bond donors (Lipinski definition) is 1. The number of benzene rings is 2. The van der Waals surface area contributed by atoms with E-state index in [1.54, 1.807) is 18.9 Å². The third-order valence-electron chi connectivity index (χ3n) is 3.31. The van der Waals surface area contributed by atoms with Gasteiger partial charge < -0.3 is 10.5 Å². The van der Waals surface area contributed by atoms with Crippen molar-refractivity contribution in [1.82, 2.24) is 0 Å². The molecule has 0 aliphatic carbocycles. The van der Waals surface area contributed by atoms with E-state index in [0.29, 0.717) is 6.42 Å². The Morgan fingerprint density at radius 2 is 1.81 bits per heavy atom. The average molecular weight is 298 g/mol. The van der Waals surface area contributed by atoms with Crippen LogP contribution in [0.1, 0.15) is 12.0 Å². The van der Waals surface area contributed by atoms with Crippen LogP contribution in [0.2, 0.25) is 0 Å². The first kappa shape index (κ1) is 15.4. The molecule has 2 N–H and O–H groups in total. The second-order valence-corrected chi connectivity index (χ2v) is 5.89. The Balaban J connectivity index is 1.96. The molecule has 0 aliphatic heterocycles. The van der Waals surface area contributed by atoms with Crippen LogP contribution in [-0.4, -0.2) is 12.9 Å². The number of nitriles is 1. The lowest BCUT2D eigenvalue weighted by atomic mass is 9.90. The molecule has 21 heavy (non-hydrogen) atoms. The molecule has 0 bridgehead atoms. The highest BCUT2D eigenvalue weighted by atomic mass is 32.2. The number of methoxy groups -OCH3 is 1. The van der Waals surface area contributed by atoms with Gasteiger partial charge in [-0.1, -0.05) is 30.3 Å². The van der Waals surface area contributed by atoms with Crippen LogP contribution in [0.4, 0.5) is 0 Å². The van der Waals surface area contributed by atoms with Crippen molar-refractivity contribution in [3.8, 4) is 11.8 Å². The molecule has 0 aromatic heterocycles. The van der Waals surface area contributed by atoms with Crippen LogP contribution in [0.15, 0.2) is 59.5 Å². The van der Waals surface area contributed by atoms with Gasteiger partial charge >= 0.3 is 0 Å². The van der Waals surface area contributed by atoms with Gasteiger partial charge in [-0.05, 0) is 36.2 Å². The van der Waals surface area contributed by atoms with Crippen molar-refractivity contribution in [1.29, 1.82) is 5.26 Å². The van der Waals surface area contributed by atoms with E-state index in [4.69, 9.17) is 10.5 Å². The molecule has 0 radical (unpaired) electrons. The molecule has 0 amide bonds. The van der Waals surface area contributed by atoms with E-state index < -0.39 is 5.54 Å². The minimum Gasteiger partial charge on any atom is -0.497 e. The van der Waals surface area contributed by atoms with E-state index in [1.807, 2.05) is 54.6 Å². The predicted octanol–water partition coefficient (Wildman–Crippen LogP) is 3.56. The maximum atomic E-state index is 9.40. The zero-order valence-electron chi connectivity index (χ0n) is 12.0. The van der Waals surface area contributed by atoms with Gasteiger partial charge in [0.1, 0.15) is 11.3 Å². The smallest absolute Gasteiger partial charge is 0.130 e. The minimum atomic E-state index is -0.930. The van der Waals surface area contributed by atoms with E-state index >= 15 is 0 Å². The van der Waals surface area contributed by atoms with Gasteiger partial charge in [-0.2, -0.15) is 5.26 Å². The molecule has 1 atom stereocenters. The summed E-state index contributed by atoms with van der Waals surface area (Å²) in [6.07, 6.45) is 0.601. The Morgan fingerprint density at radius 1 is 1.14 bits per heavy atom. The summed E-state index contributed by atoms with van der Waals surface area (Å²) >= 11 is 1.69. The first-order valence-corrected chi connectivity index (χ1v) is 7.69. The second-order valence-electron chi connectivity index (χ2n) is 4.72. The first-order valence-electron chi connectivity index (χ1n) is 6.70. The number of nitrogens with zero attached hydrogens (tertiary/aromatic N) is 1. The van der Waals surface area contributed by atoms with Crippen LogP contribution in [0.3, 0.4) is 0 Å². The molecule has 2 aromatic carbocycles. The van der Waals surface area contributed by atoms with E-state index in [9.17, 15) is 5.26 Å². The Bertz CT molecular complexity index is 607. The lowest BCUT2D eigenvalue weighted by Gasteiger charge is -2.21. The van der Waals surface area contributed by atoms with Crippen LogP contribution in [0.5, 0.6) is 5.75 Å². The molecule has 0 saturated heterocycles. The summed E-state index contributed by atoms with van der Waals surface area (Å²) < 4.78 is 5.13. The number of nitrogens with two attached hydrogens (primary N) is 1. The molecule has 4 heteroatoms. The van der Waals surface area contributed by atoms with E-state index in [2.05, 4.69) is 6.07 Å². The van der Waals surface area contributed by atoms with Crippen molar-refractivity contribution >= 4 is 11.8 Å². The van der Waals surface area contributed by atoms with Gasteiger partial charge in [0, 0.05) is 10.6 Å². The van der Waals surface area contributed by atoms with Crippen molar-refractivity contribution in [2.45, 2.75) is 16.9 Å². The van der Waals surface area contributed by atoms with Crippen molar-refractivity contribution in [2.24, 2.45) is 5.73 Å². The summed E-state index contributed by atoms with van der Waals surface area (Å²) in [5.74, 6) is 1.62. The van der Waals surface area contributed by atoms with E-state index in [-0.39, 0.29) is 0 Å². The Hall–Kier alpha value is -1.96. The summed E-state index contributed by atoms with van der Waals surface area (Å²) in [5, 5.41) is 9.40. The molecule has 3 nitrogen and oxygen atoms in total. The maximum absolute atomic E-state index is 9.40. The van der Waals surface area contributed by atoms with Crippen LogP contribution in [0.25, 0.3) is 0 Å². The van der Waals surface area contributed by atoms with Gasteiger partial charge in [-0.3, -0.25) is 0 Å². The number of hydrogen-bond acceptors (Lipinski definition) is 4. The molecule has 0 saturated carbocycles. The summed E-state index contributed by atoms with van der Waals surface area (Å²) in [7, 11) is 1.65. The zero-order chi connectivity index (χ0) is 15.1. The molecular formula is C17H18N2OS. The highest BCUT2D eigenvalue weighted by Gasteiger charge is 2.26. The highest BCUT2D eigenvalue weighted by molar-refractivity contribution is 7.99. The molecule has 0 aliphatic rings. The maximum Gasteiger partial charge on any atom is 0.130 e. The number of ether oxygens (including phenoxy) is 1. The molecule has 2 aromatic rings. The van der Waals surface area contributed by atoms with Gasteiger partial charge in [-0.15, -0.1) is 11.8 Å². The van der Waals surface area contributed by atoms with Crippen molar-refractivity contribution in [3.05, 3.63) is 60.2 Å². The fraction of sp³-hybridized carbons (Fsp3) is 0.235. The average Bonchev–Trinajstić information content (AvgIpc) is 2.56. The highest BCUT2D eigenvalue weighted by Crippen LogP contribution is 2.27. The second kappa shape index (κ2) is 7.16. The SMILES string of the molecule is COc1ccc(SCCC(N)(C#N)c2ccccc2)cc1. The van der Waals surface area contributed by atoms with Crippen molar-refractivity contribution in [2.75, 3.05) is 12.9 Å². The number of rotatable bonds is 6. The van der Waals surface area contributed by atoms with Crippen LogP contribution in [-0.2, 0) is 5.54 Å². The predicted molar refractivity (Wildman–Crippen MR) is 86.3 cm³/mol. The Morgan fingerprint density at radius 3 is 2.38 bits per heavy atom. The summed E-state index contributed by atoms with van der Waals surface area (Å²) in [5.41, 5.74) is 6.17. The third-order valence-corrected chi connectivity index (χ3v) is 4.33. The van der Waals surface area contributed by atoms with E-state index in [1.165, 1.54) is 0 Å². The lowest BCUT2D eigenvalue weighted by Crippen LogP contribution is -2.35. The first-order chi connectivity index (χ1) is 10.2. The summed E-state index contributed by atoms with van der Waals surface area (Å²) in [6, 6.07) is 19.7. The van der Waals surface area contributed by atoms with Crippen molar-refractivity contribution < 1.29 is 4.74 Å². The molecule has 1 unspecified atom stereocenters. The molecule has 0 fully saturated rings. The number of thioether (sulfide) groups is 1. The monoisotopic (exact) mass is 298 g/mol. The standard InChI is InChI=1S/C17H18N2OS/c1-20-15-7-9-16(10-8-15)21-12-11-17(19,13-18)14-5-3-2-4-6-14/h2-10H,11-12,19H2,1H3. The topological polar surface area (TPSA) is 59.0 Å². The van der Waals surface area contributed by atoms with Gasteiger partial charge in [0.15, 0.2) is 0 Å². The van der Waals surface area contributed by atoms with Gasteiger partial charge in [0.2, 0.25) is 0 Å². The molecule has 0 heterocycles. The lowest BCUT2D eigenvalue weighted by molar-refractivity contribution is 0.414. The van der Waals surface area contributed by atoms with Gasteiger partial charge in [0.05, 0.1) is 13.2 Å². The molecular weight excluding hydrogens is 280 g/mol. The quantitative estimate of drug-likeness (QED) is 0.828. The fourth-order valence-corrected chi connectivity index (χ4v) is 2.99. The normalized spacial score (nSPS) is 13.2. The van der Waals surface area contributed by atoms with Crippen LogP contribution >= 0.6 is 11.8 Å². The van der Waals surface area contributed by atoms with Crippen LogP contribution in [0, 0.1) is 11.3 Å². The molecule has 0 spiro atoms. The minimum absolute atomic E-state index is 0.601. The zero-order valence-corrected chi connectivity index (χ0v) is 12.8. The fourth-order valence-electron chi connectivity index (χ4n) is 2.00. The summed E-state index contributed by atoms with van der Waals surface area (Å²) in [4.78, 5) is 1.14. The Kier molecular flexibility index (Phi) is 5.26. The third kappa shape index (κ3) is 4.01. The van der Waals surface area contributed by atoms with E-state index in [0.717, 1.165) is 22.0 Å². The molecule has 108 valence electrons. The Labute approximate surface area is 129 Å². The largest absolute Gasteiger partial charge is 0.497 e. The summed E-state index contributed by atoms with van der Waals surface area (Å²) in [6.45, 7) is 0.